The second-order valence-electron chi connectivity index (χ2n) is 5.83. The second kappa shape index (κ2) is 6.49. The van der Waals surface area contributed by atoms with Crippen molar-refractivity contribution in [2.75, 3.05) is 0 Å². The van der Waals surface area contributed by atoms with Gasteiger partial charge in [-0.3, -0.25) is 0 Å². The van der Waals surface area contributed by atoms with Gasteiger partial charge in [-0.1, -0.05) is 38.0 Å². The van der Waals surface area contributed by atoms with Crippen molar-refractivity contribution < 1.29 is 9.13 Å². The van der Waals surface area contributed by atoms with Crippen LogP contribution in [0.4, 0.5) is 4.39 Å². The van der Waals surface area contributed by atoms with Crippen LogP contribution in [0.3, 0.4) is 0 Å². The first kappa shape index (κ1) is 14.5. The summed E-state index contributed by atoms with van der Waals surface area (Å²) in [4.78, 5) is 0. The highest BCUT2D eigenvalue weighted by Gasteiger charge is 2.27. The molecule has 1 aromatic carbocycles. The first-order valence-electron chi connectivity index (χ1n) is 7.23. The van der Waals surface area contributed by atoms with E-state index in [-0.39, 0.29) is 24.1 Å². The van der Waals surface area contributed by atoms with E-state index in [2.05, 4.69) is 6.92 Å². The molecule has 1 saturated carbocycles. The van der Waals surface area contributed by atoms with Gasteiger partial charge in [-0.05, 0) is 31.7 Å². The van der Waals surface area contributed by atoms with Gasteiger partial charge in [0, 0.05) is 11.6 Å². The summed E-state index contributed by atoms with van der Waals surface area (Å²) in [5.74, 6) is 0.460. The molecule has 0 saturated heterocycles. The molecule has 1 aliphatic rings. The van der Waals surface area contributed by atoms with E-state index < -0.39 is 0 Å². The molecular weight excluding hydrogens is 241 g/mol. The maximum atomic E-state index is 13.9. The van der Waals surface area contributed by atoms with E-state index in [1.54, 1.807) is 12.1 Å². The molecular formula is C16H24FNO. The van der Waals surface area contributed by atoms with E-state index in [0.29, 0.717) is 11.5 Å². The number of ether oxygens (including phenoxy) is 1. The number of benzene rings is 1. The standard InChI is InChI=1S/C16H24FNO/c1-11-6-5-7-13(10-11)19-16(12(2)18)14-8-3-4-9-15(14)17/h3-4,8-9,11-13,16H,5-7,10,18H2,1-2H3. The normalized spacial score (nSPS) is 26.9. The summed E-state index contributed by atoms with van der Waals surface area (Å²) in [5, 5.41) is 0. The Labute approximate surface area is 115 Å². The Balaban J connectivity index is 2.10. The lowest BCUT2D eigenvalue weighted by Gasteiger charge is -2.32. The Bertz CT molecular complexity index is 407. The largest absolute Gasteiger partial charge is 0.369 e. The smallest absolute Gasteiger partial charge is 0.129 e. The van der Waals surface area contributed by atoms with Crippen LogP contribution in [0.25, 0.3) is 0 Å². The zero-order valence-corrected chi connectivity index (χ0v) is 11.8. The fourth-order valence-electron chi connectivity index (χ4n) is 2.90. The molecule has 3 heteroatoms. The number of hydrogen-bond donors (Lipinski definition) is 1. The summed E-state index contributed by atoms with van der Waals surface area (Å²) in [7, 11) is 0. The molecule has 2 rings (SSSR count). The van der Waals surface area contributed by atoms with Crippen molar-refractivity contribution in [3.05, 3.63) is 35.6 Å². The molecule has 0 radical (unpaired) electrons. The van der Waals surface area contributed by atoms with Gasteiger partial charge in [0.2, 0.25) is 0 Å². The number of halogens is 1. The van der Waals surface area contributed by atoms with Crippen molar-refractivity contribution in [2.45, 2.75) is 57.8 Å². The van der Waals surface area contributed by atoms with Crippen LogP contribution in [0.15, 0.2) is 24.3 Å². The number of rotatable bonds is 4. The quantitative estimate of drug-likeness (QED) is 0.898. The van der Waals surface area contributed by atoms with Crippen LogP contribution in [0, 0.1) is 11.7 Å². The Morgan fingerprint density at radius 1 is 1.32 bits per heavy atom. The summed E-state index contributed by atoms with van der Waals surface area (Å²) in [5.41, 5.74) is 6.58. The van der Waals surface area contributed by atoms with E-state index in [9.17, 15) is 4.39 Å². The molecule has 2 nitrogen and oxygen atoms in total. The highest BCUT2D eigenvalue weighted by Crippen LogP contribution is 2.32. The molecule has 19 heavy (non-hydrogen) atoms. The van der Waals surface area contributed by atoms with Gasteiger partial charge in [-0.15, -0.1) is 0 Å². The van der Waals surface area contributed by atoms with Gasteiger partial charge in [-0.2, -0.15) is 0 Å². The molecule has 0 aliphatic heterocycles. The maximum absolute atomic E-state index is 13.9. The predicted molar refractivity (Wildman–Crippen MR) is 75.3 cm³/mol. The van der Waals surface area contributed by atoms with Gasteiger partial charge in [0.05, 0.1) is 6.10 Å². The van der Waals surface area contributed by atoms with Crippen molar-refractivity contribution in [3.63, 3.8) is 0 Å². The maximum Gasteiger partial charge on any atom is 0.129 e. The average Bonchev–Trinajstić information content (AvgIpc) is 2.37. The van der Waals surface area contributed by atoms with Crippen LogP contribution in [-0.4, -0.2) is 12.1 Å². The summed E-state index contributed by atoms with van der Waals surface area (Å²) in [6, 6.07) is 6.56. The van der Waals surface area contributed by atoms with E-state index in [4.69, 9.17) is 10.5 Å². The van der Waals surface area contributed by atoms with Gasteiger partial charge in [-0.25, -0.2) is 4.39 Å². The first-order valence-corrected chi connectivity index (χ1v) is 7.23. The zero-order chi connectivity index (χ0) is 13.8. The molecule has 0 bridgehead atoms. The molecule has 1 fully saturated rings. The fraction of sp³-hybridized carbons (Fsp3) is 0.625. The fourth-order valence-corrected chi connectivity index (χ4v) is 2.90. The third kappa shape index (κ3) is 3.77. The lowest BCUT2D eigenvalue weighted by Crippen LogP contribution is -2.33. The Kier molecular flexibility index (Phi) is 4.94. The van der Waals surface area contributed by atoms with E-state index in [1.807, 2.05) is 13.0 Å². The molecule has 0 heterocycles. The molecule has 0 aromatic heterocycles. The number of hydrogen-bond acceptors (Lipinski definition) is 2. The van der Waals surface area contributed by atoms with Crippen molar-refractivity contribution in [1.29, 1.82) is 0 Å². The van der Waals surface area contributed by atoms with Gasteiger partial charge in [0.1, 0.15) is 11.9 Å². The van der Waals surface area contributed by atoms with E-state index >= 15 is 0 Å². The minimum Gasteiger partial charge on any atom is -0.369 e. The Morgan fingerprint density at radius 3 is 2.68 bits per heavy atom. The minimum absolute atomic E-state index is 0.208. The molecule has 4 unspecified atom stereocenters. The molecule has 1 aliphatic carbocycles. The summed E-state index contributed by atoms with van der Waals surface area (Å²) in [6.45, 7) is 4.13. The van der Waals surface area contributed by atoms with Crippen LogP contribution in [-0.2, 0) is 4.74 Å². The van der Waals surface area contributed by atoms with E-state index in [0.717, 1.165) is 12.8 Å². The molecule has 2 N–H and O–H groups in total. The molecule has 1 aromatic rings. The summed E-state index contributed by atoms with van der Waals surface area (Å²) in [6.07, 6.45) is 4.42. The van der Waals surface area contributed by atoms with Crippen molar-refractivity contribution in [1.82, 2.24) is 0 Å². The highest BCUT2D eigenvalue weighted by atomic mass is 19.1. The SMILES string of the molecule is CC1CCCC(OC(c2ccccc2F)C(C)N)C1. The Hall–Kier alpha value is -0.930. The summed E-state index contributed by atoms with van der Waals surface area (Å²) >= 11 is 0. The summed E-state index contributed by atoms with van der Waals surface area (Å²) < 4.78 is 20.0. The number of nitrogens with two attached hydrogens (primary N) is 1. The lowest BCUT2D eigenvalue weighted by molar-refractivity contribution is -0.0503. The zero-order valence-electron chi connectivity index (χ0n) is 11.8. The van der Waals surface area contributed by atoms with Crippen molar-refractivity contribution in [3.8, 4) is 0 Å². The van der Waals surface area contributed by atoms with Crippen LogP contribution >= 0.6 is 0 Å². The van der Waals surface area contributed by atoms with Gasteiger partial charge in [0.15, 0.2) is 0 Å². The first-order chi connectivity index (χ1) is 9.08. The third-order valence-electron chi connectivity index (χ3n) is 3.92. The van der Waals surface area contributed by atoms with Gasteiger partial charge >= 0.3 is 0 Å². The second-order valence-corrected chi connectivity index (χ2v) is 5.83. The molecule has 0 spiro atoms. The van der Waals surface area contributed by atoms with Crippen molar-refractivity contribution in [2.24, 2.45) is 11.7 Å². The van der Waals surface area contributed by atoms with Crippen LogP contribution < -0.4 is 5.73 Å². The minimum atomic E-state index is -0.350. The molecule has 0 amide bonds. The molecule has 4 atom stereocenters. The van der Waals surface area contributed by atoms with Crippen molar-refractivity contribution >= 4 is 0 Å². The lowest BCUT2D eigenvalue weighted by atomic mass is 9.88. The topological polar surface area (TPSA) is 35.2 Å². The monoisotopic (exact) mass is 265 g/mol. The third-order valence-corrected chi connectivity index (χ3v) is 3.92. The highest BCUT2D eigenvalue weighted by molar-refractivity contribution is 5.21. The van der Waals surface area contributed by atoms with Gasteiger partial charge in [0.25, 0.3) is 0 Å². The van der Waals surface area contributed by atoms with Crippen LogP contribution in [0.2, 0.25) is 0 Å². The van der Waals surface area contributed by atoms with E-state index in [1.165, 1.54) is 18.9 Å². The predicted octanol–water partition coefficient (Wildman–Crippen LogP) is 3.81. The van der Waals surface area contributed by atoms with Gasteiger partial charge < -0.3 is 10.5 Å². The van der Waals surface area contributed by atoms with Crippen LogP contribution in [0.5, 0.6) is 0 Å². The molecule has 106 valence electrons. The average molecular weight is 265 g/mol. The Morgan fingerprint density at radius 2 is 2.05 bits per heavy atom. The van der Waals surface area contributed by atoms with Crippen LogP contribution in [0.1, 0.15) is 51.2 Å².